The summed E-state index contributed by atoms with van der Waals surface area (Å²) in [6, 6.07) is 12.0. The smallest absolute Gasteiger partial charge is 0.387 e. The number of alkyl halides is 4. The van der Waals surface area contributed by atoms with E-state index in [1.807, 2.05) is 0 Å². The van der Waals surface area contributed by atoms with E-state index < -0.39 is 24.0 Å². The summed E-state index contributed by atoms with van der Waals surface area (Å²) in [5.74, 6) is 1.46. The van der Waals surface area contributed by atoms with E-state index in [2.05, 4.69) is 39.4 Å². The number of nitrogens with one attached hydrogen (secondary N) is 2. The molecule has 0 aliphatic heterocycles. The molecule has 0 bridgehead atoms. The topological polar surface area (TPSA) is 137 Å². The highest BCUT2D eigenvalue weighted by molar-refractivity contribution is 7.98. The SMILES string of the molecule is COc1c(Cl)ccnc1CS(=O)c1nc2ccc(OC(F)F)cc2[nH]1.COc1c(Cl)ccnc1CSc1nc2ccc(OC(F)F)cc2[nH]1. The van der Waals surface area contributed by atoms with Crippen molar-refractivity contribution in [3.05, 3.63) is 82.4 Å². The van der Waals surface area contributed by atoms with E-state index in [1.54, 1.807) is 24.4 Å². The molecule has 19 heteroatoms. The highest BCUT2D eigenvalue weighted by Crippen LogP contribution is 2.32. The molecule has 4 aromatic heterocycles. The lowest BCUT2D eigenvalue weighted by atomic mass is 10.3. The summed E-state index contributed by atoms with van der Waals surface area (Å²) in [7, 11) is 1.41. The number of aromatic nitrogens is 6. The molecule has 0 fully saturated rings. The number of hydrogen-bond acceptors (Lipinski definition) is 10. The standard InChI is InChI=1S/C15H12ClF2N3O3S.C15H12ClF2N3O2S/c1-23-13-9(16)4-5-19-12(13)7-25(22)15-20-10-3-2-8(24-14(17)18)6-11(10)21-15;1-22-13-9(16)4-5-19-12(13)7-24-15-20-10-3-2-8(23-14(17)18)6-11(10)21-15/h2-6,14H,7H2,1H3,(H,20,21);2-6,14H,7H2,1H3,(H,20,21). The second-order valence-corrected chi connectivity index (χ2v) is 12.7. The van der Waals surface area contributed by atoms with E-state index in [9.17, 15) is 21.8 Å². The molecular formula is C30H24Cl2F4N6O5S2. The second kappa shape index (κ2) is 16.4. The maximum atomic E-state index is 12.6. The number of imidazole rings is 2. The predicted octanol–water partition coefficient (Wildman–Crippen LogP) is 8.04. The fourth-order valence-electron chi connectivity index (χ4n) is 4.35. The summed E-state index contributed by atoms with van der Waals surface area (Å²) < 4.78 is 80.8. The molecule has 2 N–H and O–H groups in total. The number of methoxy groups -OCH3 is 2. The van der Waals surface area contributed by atoms with E-state index in [1.165, 1.54) is 62.5 Å². The molecule has 11 nitrogen and oxygen atoms in total. The lowest BCUT2D eigenvalue weighted by Crippen LogP contribution is -2.03. The molecule has 1 atom stereocenters. The average molecular weight is 760 g/mol. The first-order valence-corrected chi connectivity index (χ1v) is 16.9. The van der Waals surface area contributed by atoms with Crippen molar-refractivity contribution in [3.8, 4) is 23.0 Å². The Morgan fingerprint density at radius 1 is 0.776 bits per heavy atom. The van der Waals surface area contributed by atoms with Crippen molar-refractivity contribution < 1.29 is 40.7 Å². The first kappa shape index (κ1) is 36.0. The van der Waals surface area contributed by atoms with Gasteiger partial charge in [0.05, 0.1) is 74.3 Å². The van der Waals surface area contributed by atoms with Gasteiger partial charge in [-0.3, -0.25) is 14.2 Å². The van der Waals surface area contributed by atoms with Crippen LogP contribution in [0.4, 0.5) is 17.6 Å². The fraction of sp³-hybridized carbons (Fsp3) is 0.200. The summed E-state index contributed by atoms with van der Waals surface area (Å²) in [4.78, 5) is 22.9. The van der Waals surface area contributed by atoms with Crippen molar-refractivity contribution in [2.24, 2.45) is 0 Å². The van der Waals surface area contributed by atoms with Crippen molar-refractivity contribution in [2.75, 3.05) is 14.2 Å². The predicted molar refractivity (Wildman–Crippen MR) is 177 cm³/mol. The van der Waals surface area contributed by atoms with Crippen LogP contribution in [-0.2, 0) is 22.3 Å². The van der Waals surface area contributed by atoms with Gasteiger partial charge in [-0.15, -0.1) is 0 Å². The molecule has 0 amide bonds. The number of halogens is 6. The molecule has 49 heavy (non-hydrogen) atoms. The van der Waals surface area contributed by atoms with Gasteiger partial charge in [0.1, 0.15) is 11.5 Å². The fourth-order valence-corrected chi connectivity index (χ4v) is 6.68. The zero-order valence-corrected chi connectivity index (χ0v) is 28.4. The number of H-pyrrole nitrogens is 2. The Balaban J connectivity index is 0.000000191. The molecule has 1 unspecified atom stereocenters. The Morgan fingerprint density at radius 3 is 1.88 bits per heavy atom. The Kier molecular flexibility index (Phi) is 12.0. The maximum Gasteiger partial charge on any atom is 0.387 e. The monoisotopic (exact) mass is 758 g/mol. The Morgan fingerprint density at radius 2 is 1.31 bits per heavy atom. The molecule has 0 aliphatic rings. The zero-order chi connectivity index (χ0) is 35.1. The molecule has 0 radical (unpaired) electrons. The van der Waals surface area contributed by atoms with Crippen LogP contribution in [0.25, 0.3) is 22.1 Å². The van der Waals surface area contributed by atoms with Crippen LogP contribution >= 0.6 is 35.0 Å². The highest BCUT2D eigenvalue weighted by atomic mass is 35.5. The van der Waals surface area contributed by atoms with Crippen LogP contribution in [0, 0.1) is 0 Å². The second-order valence-electron chi connectivity index (χ2n) is 9.52. The van der Waals surface area contributed by atoms with Crippen LogP contribution in [0.2, 0.25) is 10.0 Å². The Hall–Kier alpha value is -4.32. The van der Waals surface area contributed by atoms with Crippen molar-refractivity contribution >= 4 is 67.8 Å². The third kappa shape index (κ3) is 9.23. The number of benzene rings is 2. The first-order chi connectivity index (χ1) is 23.5. The number of ether oxygens (including phenoxy) is 4. The van der Waals surface area contributed by atoms with Crippen molar-refractivity contribution in [1.82, 2.24) is 29.9 Å². The number of pyridine rings is 2. The van der Waals surface area contributed by atoms with Gasteiger partial charge in [0.2, 0.25) is 0 Å². The molecule has 0 saturated carbocycles. The van der Waals surface area contributed by atoms with Crippen molar-refractivity contribution in [2.45, 2.75) is 35.0 Å². The molecule has 0 spiro atoms. The van der Waals surface area contributed by atoms with Crippen molar-refractivity contribution in [3.63, 3.8) is 0 Å². The van der Waals surface area contributed by atoms with Crippen LogP contribution in [0.1, 0.15) is 11.4 Å². The minimum absolute atomic E-state index is 0.0124. The largest absolute Gasteiger partial charge is 0.493 e. The number of thioether (sulfide) groups is 1. The summed E-state index contributed by atoms with van der Waals surface area (Å²) >= 11 is 13.5. The van der Waals surface area contributed by atoms with Gasteiger partial charge in [0, 0.05) is 30.3 Å². The Labute approximate surface area is 292 Å². The lowest BCUT2D eigenvalue weighted by molar-refractivity contribution is -0.0504. The number of fused-ring (bicyclic) bond motifs is 2. The highest BCUT2D eigenvalue weighted by Gasteiger charge is 2.17. The molecule has 6 aromatic rings. The van der Waals surface area contributed by atoms with E-state index in [-0.39, 0.29) is 22.4 Å². The molecular weight excluding hydrogens is 735 g/mol. The minimum Gasteiger partial charge on any atom is -0.493 e. The van der Waals surface area contributed by atoms with E-state index in [0.29, 0.717) is 65.9 Å². The van der Waals surface area contributed by atoms with Gasteiger partial charge < -0.3 is 28.9 Å². The van der Waals surface area contributed by atoms with Crippen LogP contribution in [0.15, 0.2) is 71.2 Å². The van der Waals surface area contributed by atoms with Gasteiger partial charge in [-0.25, -0.2) is 9.97 Å². The molecule has 258 valence electrons. The van der Waals surface area contributed by atoms with Gasteiger partial charge in [-0.05, 0) is 36.4 Å². The summed E-state index contributed by atoms with van der Waals surface area (Å²) in [5, 5.41) is 1.67. The first-order valence-electron chi connectivity index (χ1n) is 13.8. The molecule has 0 aliphatic carbocycles. The summed E-state index contributed by atoms with van der Waals surface area (Å²) in [6.45, 7) is -5.78. The number of aromatic amines is 2. The van der Waals surface area contributed by atoms with Crippen LogP contribution < -0.4 is 18.9 Å². The summed E-state index contributed by atoms with van der Waals surface area (Å²) in [5.41, 5.74) is 3.31. The van der Waals surface area contributed by atoms with Gasteiger partial charge in [-0.2, -0.15) is 17.6 Å². The molecule has 2 aromatic carbocycles. The van der Waals surface area contributed by atoms with Gasteiger partial charge >= 0.3 is 13.2 Å². The van der Waals surface area contributed by atoms with E-state index >= 15 is 0 Å². The lowest BCUT2D eigenvalue weighted by Gasteiger charge is -2.07. The molecule has 6 rings (SSSR count). The van der Waals surface area contributed by atoms with E-state index in [0.717, 1.165) is 0 Å². The number of rotatable bonds is 12. The van der Waals surface area contributed by atoms with Crippen LogP contribution in [-0.4, -0.2) is 61.6 Å². The third-order valence-corrected chi connectivity index (χ3v) is 9.05. The van der Waals surface area contributed by atoms with E-state index in [4.69, 9.17) is 32.7 Å². The van der Waals surface area contributed by atoms with Gasteiger partial charge in [-0.1, -0.05) is 35.0 Å². The molecule has 4 heterocycles. The van der Waals surface area contributed by atoms with Gasteiger partial charge in [0.15, 0.2) is 21.8 Å². The van der Waals surface area contributed by atoms with Gasteiger partial charge in [0.25, 0.3) is 0 Å². The summed E-state index contributed by atoms with van der Waals surface area (Å²) in [6.07, 6.45) is 3.09. The Bertz CT molecular complexity index is 2090. The van der Waals surface area contributed by atoms with Crippen LogP contribution in [0.3, 0.4) is 0 Å². The van der Waals surface area contributed by atoms with Crippen molar-refractivity contribution in [1.29, 1.82) is 0 Å². The molecule has 0 saturated heterocycles. The minimum atomic E-state index is -2.92. The average Bonchev–Trinajstić information content (AvgIpc) is 3.67. The quantitative estimate of drug-likeness (QED) is 0.0932. The van der Waals surface area contributed by atoms with Crippen LogP contribution in [0.5, 0.6) is 23.0 Å². The number of hydrogen-bond donors (Lipinski definition) is 2. The third-order valence-electron chi connectivity index (χ3n) is 6.41. The number of nitrogens with zero attached hydrogens (tertiary/aromatic N) is 4. The zero-order valence-electron chi connectivity index (χ0n) is 25.3. The maximum absolute atomic E-state index is 12.6. The normalized spacial score (nSPS) is 11.9.